The molecule has 0 amide bonds. The van der Waals surface area contributed by atoms with E-state index in [2.05, 4.69) is 52.0 Å². The van der Waals surface area contributed by atoms with Crippen LogP contribution in [0.4, 0.5) is 0 Å². The van der Waals surface area contributed by atoms with Crippen LogP contribution >= 0.6 is 15.9 Å². The molecule has 1 aliphatic rings. The van der Waals surface area contributed by atoms with Gasteiger partial charge in [-0.25, -0.2) is 0 Å². The summed E-state index contributed by atoms with van der Waals surface area (Å²) in [5, 5.41) is 0. The number of hydrogen-bond donors (Lipinski definition) is 1. The monoisotopic (exact) mass is 296 g/mol. The Bertz CT molecular complexity index is 350. The lowest BCUT2D eigenvalue weighted by molar-refractivity contribution is 0.108. The molecule has 1 saturated heterocycles. The fourth-order valence-electron chi connectivity index (χ4n) is 2.72. The molecule has 1 aromatic rings. The highest BCUT2D eigenvalue weighted by molar-refractivity contribution is 9.10. The molecule has 2 N–H and O–H groups in total. The molecular formula is C14H21BrN2. The van der Waals surface area contributed by atoms with Gasteiger partial charge >= 0.3 is 0 Å². The molecule has 0 radical (unpaired) electrons. The van der Waals surface area contributed by atoms with Crippen molar-refractivity contribution in [2.45, 2.75) is 38.3 Å². The van der Waals surface area contributed by atoms with Crippen LogP contribution in [0.2, 0.25) is 0 Å². The number of rotatable bonds is 3. The third-order valence-electron chi connectivity index (χ3n) is 3.79. The molecule has 2 nitrogen and oxygen atoms in total. The lowest BCUT2D eigenvalue weighted by Crippen LogP contribution is -2.45. The first-order valence-corrected chi connectivity index (χ1v) is 7.23. The van der Waals surface area contributed by atoms with Crippen LogP contribution in [0.15, 0.2) is 28.7 Å². The van der Waals surface area contributed by atoms with Gasteiger partial charge in [0.25, 0.3) is 0 Å². The van der Waals surface area contributed by atoms with E-state index in [1.807, 2.05) is 0 Å². The Labute approximate surface area is 112 Å². The summed E-state index contributed by atoms with van der Waals surface area (Å²) in [4.78, 5) is 2.56. The molecule has 0 bridgehead atoms. The van der Waals surface area contributed by atoms with Crippen molar-refractivity contribution in [3.63, 3.8) is 0 Å². The molecular weight excluding hydrogens is 276 g/mol. The lowest BCUT2D eigenvalue weighted by atomic mass is 9.97. The number of piperidine rings is 1. The normalized spacial score (nSPS) is 23.6. The number of likely N-dealkylation sites (tertiary alicyclic amines) is 1. The Kier molecular flexibility index (Phi) is 4.60. The number of halogens is 1. The second kappa shape index (κ2) is 5.98. The van der Waals surface area contributed by atoms with Crippen molar-refractivity contribution in [2.24, 2.45) is 5.73 Å². The average molecular weight is 297 g/mol. The maximum Gasteiger partial charge on any atom is 0.0323 e. The van der Waals surface area contributed by atoms with Gasteiger partial charge in [0.2, 0.25) is 0 Å². The number of nitrogens with zero attached hydrogens (tertiary/aromatic N) is 1. The Balaban J connectivity index is 2.12. The molecule has 0 aliphatic carbocycles. The van der Waals surface area contributed by atoms with Crippen LogP contribution in [0.5, 0.6) is 0 Å². The lowest BCUT2D eigenvalue weighted by Gasteiger charge is -2.39. The Morgan fingerprint density at radius 3 is 2.71 bits per heavy atom. The maximum absolute atomic E-state index is 5.88. The minimum atomic E-state index is 0.469. The molecule has 3 heteroatoms. The van der Waals surface area contributed by atoms with Gasteiger partial charge in [0.1, 0.15) is 0 Å². The Hall–Kier alpha value is -0.380. The van der Waals surface area contributed by atoms with E-state index in [1.54, 1.807) is 0 Å². The summed E-state index contributed by atoms with van der Waals surface area (Å²) in [7, 11) is 0. The zero-order valence-electron chi connectivity index (χ0n) is 10.4. The van der Waals surface area contributed by atoms with Crippen LogP contribution in [-0.2, 0) is 0 Å². The Morgan fingerprint density at radius 1 is 1.35 bits per heavy atom. The zero-order chi connectivity index (χ0) is 12.3. The van der Waals surface area contributed by atoms with Gasteiger partial charge in [-0.15, -0.1) is 0 Å². The molecule has 1 heterocycles. The zero-order valence-corrected chi connectivity index (χ0v) is 12.0. The summed E-state index contributed by atoms with van der Waals surface area (Å²) in [5.74, 6) is 0. The second-order valence-electron chi connectivity index (χ2n) is 4.85. The third-order valence-corrected chi connectivity index (χ3v) is 4.32. The van der Waals surface area contributed by atoms with E-state index >= 15 is 0 Å². The minimum Gasteiger partial charge on any atom is -0.329 e. The fourth-order valence-corrected chi connectivity index (χ4v) is 2.98. The first-order chi connectivity index (χ1) is 8.22. The molecule has 94 valence electrons. The Morgan fingerprint density at radius 2 is 2.06 bits per heavy atom. The summed E-state index contributed by atoms with van der Waals surface area (Å²) in [5.41, 5.74) is 7.27. The van der Waals surface area contributed by atoms with Gasteiger partial charge in [-0.1, -0.05) is 34.5 Å². The van der Waals surface area contributed by atoms with Crippen molar-refractivity contribution >= 4 is 15.9 Å². The molecule has 1 aliphatic heterocycles. The fraction of sp³-hybridized carbons (Fsp3) is 0.571. The van der Waals surface area contributed by atoms with Crippen molar-refractivity contribution in [2.75, 3.05) is 13.1 Å². The van der Waals surface area contributed by atoms with Gasteiger partial charge in [0, 0.05) is 23.1 Å². The van der Waals surface area contributed by atoms with Crippen molar-refractivity contribution in [3.05, 3.63) is 34.3 Å². The molecule has 0 saturated carbocycles. The van der Waals surface area contributed by atoms with Crippen molar-refractivity contribution in [1.82, 2.24) is 4.90 Å². The molecule has 0 aromatic heterocycles. The summed E-state index contributed by atoms with van der Waals surface area (Å²) < 4.78 is 1.14. The first kappa shape index (κ1) is 13.1. The SMILES string of the molecule is CC(c1ccc(Br)cc1)N1CCCCC1CN. The average Bonchev–Trinajstić information content (AvgIpc) is 2.39. The third kappa shape index (κ3) is 3.09. The molecule has 2 rings (SSSR count). The van der Waals surface area contributed by atoms with Crippen molar-refractivity contribution < 1.29 is 0 Å². The van der Waals surface area contributed by atoms with Crippen LogP contribution in [0.25, 0.3) is 0 Å². The molecule has 17 heavy (non-hydrogen) atoms. The molecule has 0 spiro atoms. The van der Waals surface area contributed by atoms with Gasteiger partial charge in [-0.3, -0.25) is 4.90 Å². The summed E-state index contributed by atoms with van der Waals surface area (Å²) in [6.07, 6.45) is 3.88. The predicted molar refractivity (Wildman–Crippen MR) is 76.0 cm³/mol. The van der Waals surface area contributed by atoms with E-state index in [4.69, 9.17) is 5.73 Å². The number of benzene rings is 1. The van der Waals surface area contributed by atoms with E-state index in [0.717, 1.165) is 11.0 Å². The van der Waals surface area contributed by atoms with Gasteiger partial charge in [-0.05, 0) is 44.0 Å². The van der Waals surface area contributed by atoms with Gasteiger partial charge in [-0.2, -0.15) is 0 Å². The number of hydrogen-bond acceptors (Lipinski definition) is 2. The van der Waals surface area contributed by atoms with Crippen LogP contribution in [0, 0.1) is 0 Å². The van der Waals surface area contributed by atoms with E-state index in [9.17, 15) is 0 Å². The van der Waals surface area contributed by atoms with Crippen LogP contribution < -0.4 is 5.73 Å². The van der Waals surface area contributed by atoms with E-state index in [0.29, 0.717) is 12.1 Å². The van der Waals surface area contributed by atoms with E-state index in [1.165, 1.54) is 31.4 Å². The second-order valence-corrected chi connectivity index (χ2v) is 5.77. The number of nitrogens with two attached hydrogens (primary N) is 1. The highest BCUT2D eigenvalue weighted by Gasteiger charge is 2.25. The first-order valence-electron chi connectivity index (χ1n) is 6.43. The van der Waals surface area contributed by atoms with Crippen LogP contribution in [0.1, 0.15) is 37.8 Å². The van der Waals surface area contributed by atoms with E-state index in [-0.39, 0.29) is 0 Å². The van der Waals surface area contributed by atoms with Crippen LogP contribution in [0.3, 0.4) is 0 Å². The molecule has 2 unspecified atom stereocenters. The summed E-state index contributed by atoms with van der Waals surface area (Å²) in [6.45, 7) is 4.25. The topological polar surface area (TPSA) is 29.3 Å². The smallest absolute Gasteiger partial charge is 0.0323 e. The van der Waals surface area contributed by atoms with Crippen molar-refractivity contribution in [1.29, 1.82) is 0 Å². The quantitative estimate of drug-likeness (QED) is 0.927. The summed E-state index contributed by atoms with van der Waals surface area (Å²) in [6, 6.07) is 9.67. The van der Waals surface area contributed by atoms with Crippen molar-refractivity contribution in [3.8, 4) is 0 Å². The molecule has 1 fully saturated rings. The largest absolute Gasteiger partial charge is 0.329 e. The van der Waals surface area contributed by atoms with Gasteiger partial charge < -0.3 is 5.73 Å². The summed E-state index contributed by atoms with van der Waals surface area (Å²) >= 11 is 3.48. The minimum absolute atomic E-state index is 0.469. The van der Waals surface area contributed by atoms with E-state index < -0.39 is 0 Å². The predicted octanol–water partition coefficient (Wildman–Crippen LogP) is 3.32. The van der Waals surface area contributed by atoms with Gasteiger partial charge in [0.15, 0.2) is 0 Å². The molecule has 1 aromatic carbocycles. The molecule has 2 atom stereocenters. The standard InChI is InChI=1S/C14H21BrN2/c1-11(12-5-7-13(15)8-6-12)17-9-3-2-4-14(17)10-16/h5-8,11,14H,2-4,9-10,16H2,1H3. The highest BCUT2D eigenvalue weighted by Crippen LogP contribution is 2.28. The van der Waals surface area contributed by atoms with Crippen LogP contribution in [-0.4, -0.2) is 24.0 Å². The maximum atomic E-state index is 5.88. The highest BCUT2D eigenvalue weighted by atomic mass is 79.9. The van der Waals surface area contributed by atoms with Gasteiger partial charge in [0.05, 0.1) is 0 Å².